The van der Waals surface area contributed by atoms with Gasteiger partial charge in [-0.1, -0.05) is 25.1 Å². The quantitative estimate of drug-likeness (QED) is 0.537. The van der Waals surface area contributed by atoms with Crippen LogP contribution in [0.25, 0.3) is 0 Å². The smallest absolute Gasteiger partial charge is 0.303 e. The maximum atomic E-state index is 12.8. The highest BCUT2D eigenvalue weighted by Gasteiger charge is 2.30. The third-order valence-corrected chi connectivity index (χ3v) is 6.66. The third-order valence-electron chi connectivity index (χ3n) is 6.66. The Hall–Kier alpha value is -2.86. The van der Waals surface area contributed by atoms with Crippen LogP contribution in [0.5, 0.6) is 0 Å². The van der Waals surface area contributed by atoms with Crippen molar-refractivity contribution < 1.29 is 14.7 Å². The molecule has 6 nitrogen and oxygen atoms in total. The number of carbonyl (C=O) groups is 2. The largest absolute Gasteiger partial charge is 0.481 e. The monoisotopic (exact) mass is 469 g/mol. The standard InChI is InChI=1S/C26H31N3O3.ClH/c1-2-23-21(15-25(30)31)10-9-19-11-12-22(16-24(19)23)28-26(32)20-7-5-18(6-8-20)17-27-29-13-3-4-14-29;/h5-8,11-12,16-17,21,23H,2-4,9-10,13-15H2,1H3,(H,28,32)(H,30,31);1H. The summed E-state index contributed by atoms with van der Waals surface area (Å²) < 4.78 is 0. The number of amides is 1. The first-order valence-electron chi connectivity index (χ1n) is 11.6. The van der Waals surface area contributed by atoms with Crippen LogP contribution in [0.2, 0.25) is 0 Å². The molecule has 2 atom stereocenters. The highest BCUT2D eigenvalue weighted by molar-refractivity contribution is 6.04. The molecular formula is C26H32ClN3O3. The highest BCUT2D eigenvalue weighted by Crippen LogP contribution is 2.41. The molecule has 2 aromatic carbocycles. The van der Waals surface area contributed by atoms with Gasteiger partial charge in [0.2, 0.25) is 0 Å². The van der Waals surface area contributed by atoms with E-state index in [4.69, 9.17) is 0 Å². The second-order valence-electron chi connectivity index (χ2n) is 8.81. The van der Waals surface area contributed by atoms with Gasteiger partial charge in [0.05, 0.1) is 6.21 Å². The maximum absolute atomic E-state index is 12.8. The predicted octanol–water partition coefficient (Wildman–Crippen LogP) is 5.32. The molecule has 2 aliphatic rings. The van der Waals surface area contributed by atoms with Gasteiger partial charge in [-0.25, -0.2) is 0 Å². The number of aryl methyl sites for hydroxylation is 1. The van der Waals surface area contributed by atoms with Crippen molar-refractivity contribution in [2.24, 2.45) is 11.0 Å². The van der Waals surface area contributed by atoms with Crippen LogP contribution in [0, 0.1) is 5.92 Å². The normalized spacial score (nSPS) is 19.7. The van der Waals surface area contributed by atoms with Crippen molar-refractivity contribution in [3.8, 4) is 0 Å². The van der Waals surface area contributed by atoms with Gasteiger partial charge >= 0.3 is 5.97 Å². The van der Waals surface area contributed by atoms with Crippen molar-refractivity contribution in [2.75, 3.05) is 18.4 Å². The van der Waals surface area contributed by atoms with E-state index >= 15 is 0 Å². The molecule has 1 amide bonds. The lowest BCUT2D eigenvalue weighted by Crippen LogP contribution is -2.23. The zero-order valence-electron chi connectivity index (χ0n) is 19.0. The van der Waals surface area contributed by atoms with Crippen LogP contribution in [-0.4, -0.2) is 41.3 Å². The number of nitrogens with zero attached hydrogens (tertiary/aromatic N) is 2. The van der Waals surface area contributed by atoms with Gasteiger partial charge in [-0.2, -0.15) is 5.10 Å². The van der Waals surface area contributed by atoms with E-state index in [1.54, 1.807) is 0 Å². The fourth-order valence-electron chi connectivity index (χ4n) is 4.95. The molecule has 1 fully saturated rings. The number of hydrazone groups is 1. The van der Waals surface area contributed by atoms with Crippen molar-refractivity contribution in [2.45, 2.75) is 51.4 Å². The first-order valence-corrected chi connectivity index (χ1v) is 11.6. The van der Waals surface area contributed by atoms with Gasteiger partial charge in [0, 0.05) is 30.8 Å². The summed E-state index contributed by atoms with van der Waals surface area (Å²) in [5.74, 6) is -0.541. The number of carboxylic acids is 1. The number of carboxylic acid groups (broad SMARTS) is 1. The van der Waals surface area contributed by atoms with Crippen molar-refractivity contribution in [1.82, 2.24) is 5.01 Å². The van der Waals surface area contributed by atoms with Crippen LogP contribution in [0.1, 0.15) is 72.0 Å². The summed E-state index contributed by atoms with van der Waals surface area (Å²) in [7, 11) is 0. The average molecular weight is 470 g/mol. The summed E-state index contributed by atoms with van der Waals surface area (Å²) in [4.78, 5) is 24.1. The minimum Gasteiger partial charge on any atom is -0.481 e. The van der Waals surface area contributed by atoms with Gasteiger partial charge in [0.1, 0.15) is 0 Å². The molecule has 33 heavy (non-hydrogen) atoms. The third kappa shape index (κ3) is 6.14. The number of halogens is 1. The Kier molecular flexibility index (Phi) is 8.50. The highest BCUT2D eigenvalue weighted by atomic mass is 35.5. The lowest BCUT2D eigenvalue weighted by Gasteiger charge is -2.32. The average Bonchev–Trinajstić information content (AvgIpc) is 3.31. The van der Waals surface area contributed by atoms with Crippen molar-refractivity contribution in [1.29, 1.82) is 0 Å². The molecule has 0 saturated carbocycles. The Balaban J connectivity index is 0.00000306. The lowest BCUT2D eigenvalue weighted by atomic mass is 9.72. The number of nitrogens with one attached hydrogen (secondary N) is 1. The molecule has 2 aromatic rings. The predicted molar refractivity (Wildman–Crippen MR) is 134 cm³/mol. The Labute approximate surface area is 201 Å². The van der Waals surface area contributed by atoms with Gasteiger partial charge in [-0.3, -0.25) is 14.6 Å². The summed E-state index contributed by atoms with van der Waals surface area (Å²) in [6.07, 6.45) is 7.10. The lowest BCUT2D eigenvalue weighted by molar-refractivity contribution is -0.138. The SMILES string of the molecule is CCC1c2cc(NC(=O)c3ccc(C=NN4CCCC4)cc3)ccc2CCC1CC(=O)O.Cl. The zero-order valence-corrected chi connectivity index (χ0v) is 19.8. The molecular weight excluding hydrogens is 438 g/mol. The molecule has 0 radical (unpaired) electrons. The number of rotatable bonds is 7. The molecule has 7 heteroatoms. The molecule has 2 N–H and O–H groups in total. The second-order valence-corrected chi connectivity index (χ2v) is 8.81. The Morgan fingerprint density at radius 1 is 1.15 bits per heavy atom. The molecule has 1 aliphatic heterocycles. The molecule has 1 saturated heterocycles. The molecule has 2 unspecified atom stereocenters. The Morgan fingerprint density at radius 2 is 1.88 bits per heavy atom. The maximum Gasteiger partial charge on any atom is 0.303 e. The Bertz CT molecular complexity index is 1000. The number of hydrogen-bond donors (Lipinski definition) is 2. The number of aliphatic carboxylic acids is 1. The summed E-state index contributed by atoms with van der Waals surface area (Å²) in [6.45, 7) is 4.12. The topological polar surface area (TPSA) is 82.0 Å². The Morgan fingerprint density at radius 3 is 2.55 bits per heavy atom. The first kappa shape index (κ1) is 24.8. The van der Waals surface area contributed by atoms with E-state index in [9.17, 15) is 14.7 Å². The van der Waals surface area contributed by atoms with Gasteiger partial charge in [0.15, 0.2) is 0 Å². The van der Waals surface area contributed by atoms with Crippen molar-refractivity contribution in [3.63, 3.8) is 0 Å². The molecule has 176 valence electrons. The van der Waals surface area contributed by atoms with Gasteiger partial charge in [0.25, 0.3) is 5.91 Å². The van der Waals surface area contributed by atoms with E-state index in [1.165, 1.54) is 24.0 Å². The van der Waals surface area contributed by atoms with Crippen LogP contribution in [-0.2, 0) is 11.2 Å². The van der Waals surface area contributed by atoms with E-state index in [-0.39, 0.29) is 36.6 Å². The molecule has 1 heterocycles. The molecule has 0 spiro atoms. The van der Waals surface area contributed by atoms with Crippen LogP contribution in [0.4, 0.5) is 5.69 Å². The summed E-state index contributed by atoms with van der Waals surface area (Å²) in [5, 5.41) is 18.8. The zero-order chi connectivity index (χ0) is 22.5. The number of anilines is 1. The van der Waals surface area contributed by atoms with Crippen LogP contribution >= 0.6 is 12.4 Å². The number of hydrogen-bond acceptors (Lipinski definition) is 4. The van der Waals surface area contributed by atoms with E-state index in [1.807, 2.05) is 42.6 Å². The first-order chi connectivity index (χ1) is 15.5. The molecule has 0 bridgehead atoms. The summed E-state index contributed by atoms with van der Waals surface area (Å²) >= 11 is 0. The summed E-state index contributed by atoms with van der Waals surface area (Å²) in [6, 6.07) is 13.5. The second kappa shape index (κ2) is 11.3. The van der Waals surface area contributed by atoms with Crippen molar-refractivity contribution >= 4 is 36.2 Å². The number of benzene rings is 2. The van der Waals surface area contributed by atoms with E-state index < -0.39 is 5.97 Å². The number of fused-ring (bicyclic) bond motifs is 1. The van der Waals surface area contributed by atoms with Crippen molar-refractivity contribution in [3.05, 3.63) is 64.7 Å². The van der Waals surface area contributed by atoms with Gasteiger partial charge in [-0.15, -0.1) is 12.4 Å². The molecule has 0 aromatic heterocycles. The van der Waals surface area contributed by atoms with Gasteiger partial charge in [-0.05, 0) is 84.9 Å². The fourth-order valence-corrected chi connectivity index (χ4v) is 4.95. The number of carbonyl (C=O) groups excluding carboxylic acids is 1. The minimum absolute atomic E-state index is 0. The van der Waals surface area contributed by atoms with E-state index in [2.05, 4.69) is 28.4 Å². The molecule has 4 rings (SSSR count). The van der Waals surface area contributed by atoms with Crippen LogP contribution in [0.3, 0.4) is 0 Å². The molecule has 1 aliphatic carbocycles. The minimum atomic E-state index is -0.740. The fraction of sp³-hybridized carbons (Fsp3) is 0.423. The van der Waals surface area contributed by atoms with E-state index in [0.717, 1.165) is 43.6 Å². The summed E-state index contributed by atoms with van der Waals surface area (Å²) in [5.41, 5.74) is 4.76. The van der Waals surface area contributed by atoms with Gasteiger partial charge < -0.3 is 10.4 Å². The van der Waals surface area contributed by atoms with E-state index in [0.29, 0.717) is 5.56 Å². The van der Waals surface area contributed by atoms with Crippen LogP contribution < -0.4 is 5.32 Å². The van der Waals surface area contributed by atoms with Crippen LogP contribution in [0.15, 0.2) is 47.6 Å².